The minimum atomic E-state index is -3.81. The summed E-state index contributed by atoms with van der Waals surface area (Å²) in [5, 5.41) is 3.07. The van der Waals surface area contributed by atoms with E-state index in [4.69, 9.17) is 0 Å². The molecule has 0 aliphatic carbocycles. The highest BCUT2D eigenvalue weighted by molar-refractivity contribution is 9.10. The number of rotatable bonds is 8. The Labute approximate surface area is 128 Å². The van der Waals surface area contributed by atoms with E-state index in [1.807, 2.05) is 13.8 Å². The van der Waals surface area contributed by atoms with Gasteiger partial charge in [-0.15, -0.1) is 0 Å². The molecule has 0 aliphatic heterocycles. The van der Waals surface area contributed by atoms with Gasteiger partial charge in [-0.3, -0.25) is 0 Å². The van der Waals surface area contributed by atoms with Gasteiger partial charge in [-0.2, -0.15) is 0 Å². The van der Waals surface area contributed by atoms with Crippen LogP contribution in [0.15, 0.2) is 21.5 Å². The van der Waals surface area contributed by atoms with Gasteiger partial charge in [0.15, 0.2) is 0 Å². The summed E-state index contributed by atoms with van der Waals surface area (Å²) in [6.07, 6.45) is 1.58. The van der Waals surface area contributed by atoms with Crippen molar-refractivity contribution >= 4 is 26.0 Å². The molecule has 114 valence electrons. The van der Waals surface area contributed by atoms with Gasteiger partial charge < -0.3 is 5.32 Å². The molecule has 7 heteroatoms. The first-order valence-corrected chi connectivity index (χ1v) is 8.88. The van der Waals surface area contributed by atoms with Crippen LogP contribution in [0.1, 0.15) is 32.3 Å². The standard InChI is InChI=1S/C13H20BrFN2O2S/c1-3-5-16-9-10-7-11(14)8-12(13(10)15)20(18,19)17-6-4-2/h7-8,16-17H,3-6,9H2,1-2H3. The minimum absolute atomic E-state index is 0.289. The Bertz CT molecular complexity index is 550. The van der Waals surface area contributed by atoms with Crippen LogP contribution in [0, 0.1) is 5.82 Å². The maximum absolute atomic E-state index is 14.3. The summed E-state index contributed by atoms with van der Waals surface area (Å²) in [6, 6.07) is 2.88. The summed E-state index contributed by atoms with van der Waals surface area (Å²) < 4.78 is 41.4. The fourth-order valence-corrected chi connectivity index (χ4v) is 3.59. The molecule has 0 saturated heterocycles. The van der Waals surface area contributed by atoms with E-state index in [0.717, 1.165) is 13.0 Å². The monoisotopic (exact) mass is 366 g/mol. The molecule has 0 heterocycles. The second kappa shape index (κ2) is 8.07. The van der Waals surface area contributed by atoms with Crippen LogP contribution < -0.4 is 10.0 Å². The lowest BCUT2D eigenvalue weighted by Gasteiger charge is -2.11. The van der Waals surface area contributed by atoms with E-state index in [9.17, 15) is 12.8 Å². The summed E-state index contributed by atoms with van der Waals surface area (Å²) in [6.45, 7) is 5.20. The summed E-state index contributed by atoms with van der Waals surface area (Å²) in [4.78, 5) is -0.311. The maximum Gasteiger partial charge on any atom is 0.243 e. The second-order valence-electron chi connectivity index (χ2n) is 4.45. The molecule has 0 fully saturated rings. The molecular weight excluding hydrogens is 347 g/mol. The molecule has 0 amide bonds. The van der Waals surface area contributed by atoms with Crippen molar-refractivity contribution in [2.24, 2.45) is 0 Å². The zero-order valence-corrected chi connectivity index (χ0v) is 14.1. The highest BCUT2D eigenvalue weighted by atomic mass is 79.9. The van der Waals surface area contributed by atoms with Crippen LogP contribution in [0.2, 0.25) is 0 Å². The first kappa shape index (κ1) is 17.6. The summed E-state index contributed by atoms with van der Waals surface area (Å²) in [5.41, 5.74) is 0.338. The number of hydrogen-bond donors (Lipinski definition) is 2. The number of benzene rings is 1. The Hall–Kier alpha value is -0.500. The van der Waals surface area contributed by atoms with Crippen molar-refractivity contribution in [3.8, 4) is 0 Å². The second-order valence-corrected chi connectivity index (χ2v) is 7.10. The molecule has 0 radical (unpaired) electrons. The van der Waals surface area contributed by atoms with E-state index < -0.39 is 15.8 Å². The fourth-order valence-electron chi connectivity index (χ4n) is 1.66. The van der Waals surface area contributed by atoms with Gasteiger partial charge >= 0.3 is 0 Å². The molecule has 4 nitrogen and oxygen atoms in total. The van der Waals surface area contributed by atoms with Crippen molar-refractivity contribution in [3.05, 3.63) is 28.0 Å². The topological polar surface area (TPSA) is 58.2 Å². The van der Waals surface area contributed by atoms with Crippen molar-refractivity contribution in [1.82, 2.24) is 10.0 Å². The van der Waals surface area contributed by atoms with E-state index in [0.29, 0.717) is 23.0 Å². The van der Waals surface area contributed by atoms with Crippen LogP contribution in [0.25, 0.3) is 0 Å². The Morgan fingerprint density at radius 1 is 1.20 bits per heavy atom. The molecule has 2 N–H and O–H groups in total. The van der Waals surface area contributed by atoms with Gasteiger partial charge in [-0.25, -0.2) is 17.5 Å². The smallest absolute Gasteiger partial charge is 0.243 e. The summed E-state index contributed by atoms with van der Waals surface area (Å²) in [7, 11) is -3.81. The first-order chi connectivity index (χ1) is 9.42. The van der Waals surface area contributed by atoms with Gasteiger partial charge in [0.1, 0.15) is 10.7 Å². The van der Waals surface area contributed by atoms with Crippen molar-refractivity contribution in [3.63, 3.8) is 0 Å². The molecule has 0 bridgehead atoms. The largest absolute Gasteiger partial charge is 0.313 e. The van der Waals surface area contributed by atoms with Crippen molar-refractivity contribution in [2.75, 3.05) is 13.1 Å². The Morgan fingerprint density at radius 2 is 1.85 bits per heavy atom. The minimum Gasteiger partial charge on any atom is -0.313 e. The van der Waals surface area contributed by atoms with E-state index in [-0.39, 0.29) is 11.4 Å². The van der Waals surface area contributed by atoms with Crippen LogP contribution in [0.4, 0.5) is 4.39 Å². The van der Waals surface area contributed by atoms with Gasteiger partial charge in [0.05, 0.1) is 0 Å². The molecule has 0 unspecified atom stereocenters. The third kappa shape index (κ3) is 4.80. The average molecular weight is 367 g/mol. The van der Waals surface area contributed by atoms with Gasteiger partial charge in [-0.05, 0) is 31.5 Å². The Morgan fingerprint density at radius 3 is 2.45 bits per heavy atom. The van der Waals surface area contributed by atoms with E-state index in [2.05, 4.69) is 26.0 Å². The molecule has 0 aliphatic rings. The van der Waals surface area contributed by atoms with Crippen LogP contribution >= 0.6 is 15.9 Å². The number of hydrogen-bond acceptors (Lipinski definition) is 3. The molecule has 1 aromatic carbocycles. The highest BCUT2D eigenvalue weighted by Crippen LogP contribution is 2.24. The van der Waals surface area contributed by atoms with Crippen molar-refractivity contribution < 1.29 is 12.8 Å². The van der Waals surface area contributed by atoms with Crippen molar-refractivity contribution in [1.29, 1.82) is 0 Å². The van der Waals surface area contributed by atoms with Crippen LogP contribution in [0.5, 0.6) is 0 Å². The Balaban J connectivity index is 3.08. The zero-order chi connectivity index (χ0) is 15.2. The van der Waals surface area contributed by atoms with E-state index in [1.165, 1.54) is 6.07 Å². The lowest BCUT2D eigenvalue weighted by atomic mass is 10.2. The molecular formula is C13H20BrFN2O2S. The molecule has 0 saturated carbocycles. The molecule has 20 heavy (non-hydrogen) atoms. The predicted molar refractivity (Wildman–Crippen MR) is 81.6 cm³/mol. The maximum atomic E-state index is 14.3. The van der Waals surface area contributed by atoms with Gasteiger partial charge in [-0.1, -0.05) is 29.8 Å². The van der Waals surface area contributed by atoms with E-state index >= 15 is 0 Å². The SMILES string of the molecule is CCCNCc1cc(Br)cc(S(=O)(=O)NCCC)c1F. The van der Waals surface area contributed by atoms with Crippen LogP contribution in [-0.2, 0) is 16.6 Å². The lowest BCUT2D eigenvalue weighted by Crippen LogP contribution is -2.26. The summed E-state index contributed by atoms with van der Waals surface area (Å²) in [5.74, 6) is -0.694. The molecule has 1 aromatic rings. The van der Waals surface area contributed by atoms with Crippen molar-refractivity contribution in [2.45, 2.75) is 38.1 Å². The molecule has 0 spiro atoms. The zero-order valence-electron chi connectivity index (χ0n) is 11.7. The van der Waals surface area contributed by atoms with Crippen LogP contribution in [0.3, 0.4) is 0 Å². The highest BCUT2D eigenvalue weighted by Gasteiger charge is 2.21. The predicted octanol–water partition coefficient (Wildman–Crippen LogP) is 2.78. The normalized spacial score (nSPS) is 11.8. The van der Waals surface area contributed by atoms with Gasteiger partial charge in [0.2, 0.25) is 10.0 Å². The quantitative estimate of drug-likeness (QED) is 0.695. The summed E-state index contributed by atoms with van der Waals surface area (Å²) >= 11 is 3.23. The molecule has 0 aromatic heterocycles. The fraction of sp³-hybridized carbons (Fsp3) is 0.538. The van der Waals surface area contributed by atoms with Gasteiger partial charge in [0, 0.05) is 23.1 Å². The number of nitrogens with one attached hydrogen (secondary N) is 2. The molecule has 0 atom stereocenters. The molecule has 1 rings (SSSR count). The van der Waals surface area contributed by atoms with Gasteiger partial charge in [0.25, 0.3) is 0 Å². The average Bonchev–Trinajstić information content (AvgIpc) is 2.40. The third-order valence-corrected chi connectivity index (χ3v) is 4.57. The lowest BCUT2D eigenvalue weighted by molar-refractivity contribution is 0.541. The van der Waals surface area contributed by atoms with Crippen LogP contribution in [-0.4, -0.2) is 21.5 Å². The first-order valence-electron chi connectivity index (χ1n) is 6.60. The third-order valence-electron chi connectivity index (χ3n) is 2.65. The van der Waals surface area contributed by atoms with E-state index in [1.54, 1.807) is 6.07 Å². The number of halogens is 2. The number of sulfonamides is 1. The Kier molecular flexibility index (Phi) is 7.08.